The van der Waals surface area contributed by atoms with Gasteiger partial charge in [0.1, 0.15) is 0 Å². The summed E-state index contributed by atoms with van der Waals surface area (Å²) >= 11 is 1.84. The predicted octanol–water partition coefficient (Wildman–Crippen LogP) is 2.69. The highest BCUT2D eigenvalue weighted by Gasteiger charge is 2.23. The molecule has 0 saturated carbocycles. The van der Waals surface area contributed by atoms with E-state index >= 15 is 0 Å². The second-order valence-corrected chi connectivity index (χ2v) is 7.21. The minimum absolute atomic E-state index is 0.413. The molecule has 0 bridgehead atoms. The Morgan fingerprint density at radius 2 is 2.17 bits per heavy atom. The molecule has 23 heavy (non-hydrogen) atoms. The van der Waals surface area contributed by atoms with Crippen LogP contribution in [0.25, 0.3) is 0 Å². The summed E-state index contributed by atoms with van der Waals surface area (Å²) in [6, 6.07) is 5.22. The fourth-order valence-corrected chi connectivity index (χ4v) is 3.74. The van der Waals surface area contributed by atoms with Gasteiger partial charge >= 0.3 is 0 Å². The number of morpholine rings is 1. The van der Waals surface area contributed by atoms with Gasteiger partial charge < -0.3 is 10.1 Å². The number of hydrogen-bond donors (Lipinski definition) is 1. The number of rotatable bonds is 7. The number of nitrogens with zero attached hydrogens (tertiary/aromatic N) is 3. The number of aromatic nitrogens is 2. The van der Waals surface area contributed by atoms with E-state index in [1.54, 1.807) is 0 Å². The smallest absolute Gasteiger partial charge is 0.0594 e. The number of hydrogen-bond acceptors (Lipinski definition) is 5. The van der Waals surface area contributed by atoms with E-state index < -0.39 is 0 Å². The van der Waals surface area contributed by atoms with Crippen LogP contribution >= 0.6 is 11.3 Å². The lowest BCUT2D eigenvalue weighted by molar-refractivity contribution is 0.0168. The molecule has 0 radical (unpaired) electrons. The molecule has 0 amide bonds. The van der Waals surface area contributed by atoms with Crippen molar-refractivity contribution in [3.63, 3.8) is 0 Å². The lowest BCUT2D eigenvalue weighted by atomic mass is 10.2. The standard InChI is InChI=1S/C17H26N4OS/c1-14(2)21-13-15(11-19-21)10-18-12-16(17-4-3-9-23-17)20-5-7-22-8-6-20/h3-4,9,11,13-14,16,18H,5-8,10,12H2,1-2H3/t16-/m1/s1. The van der Waals surface area contributed by atoms with E-state index in [1.807, 2.05) is 22.2 Å². The molecule has 1 atom stereocenters. The largest absolute Gasteiger partial charge is 0.379 e. The molecule has 0 aromatic carbocycles. The van der Waals surface area contributed by atoms with Crippen LogP contribution in [-0.2, 0) is 11.3 Å². The van der Waals surface area contributed by atoms with Gasteiger partial charge in [-0.15, -0.1) is 11.3 Å². The molecular formula is C17H26N4OS. The molecule has 1 saturated heterocycles. The van der Waals surface area contributed by atoms with Crippen LogP contribution in [0.1, 0.15) is 36.4 Å². The van der Waals surface area contributed by atoms with Crippen LogP contribution in [0.5, 0.6) is 0 Å². The molecule has 0 aliphatic carbocycles. The Bertz CT molecular complexity index is 575. The molecule has 3 heterocycles. The molecule has 0 unspecified atom stereocenters. The van der Waals surface area contributed by atoms with Crippen molar-refractivity contribution in [2.75, 3.05) is 32.8 Å². The van der Waals surface area contributed by atoms with Gasteiger partial charge in [-0.25, -0.2) is 0 Å². The third kappa shape index (κ3) is 4.41. The molecule has 2 aromatic heterocycles. The van der Waals surface area contributed by atoms with Gasteiger partial charge in [0, 0.05) is 48.9 Å². The van der Waals surface area contributed by atoms with Crippen LogP contribution in [-0.4, -0.2) is 47.5 Å². The van der Waals surface area contributed by atoms with Crippen LogP contribution in [0.2, 0.25) is 0 Å². The van der Waals surface area contributed by atoms with Crippen molar-refractivity contribution in [1.29, 1.82) is 0 Å². The summed E-state index contributed by atoms with van der Waals surface area (Å²) in [7, 11) is 0. The van der Waals surface area contributed by atoms with Crippen LogP contribution in [0.3, 0.4) is 0 Å². The quantitative estimate of drug-likeness (QED) is 0.845. The van der Waals surface area contributed by atoms with Gasteiger partial charge in [-0.2, -0.15) is 5.10 Å². The number of thiophene rings is 1. The van der Waals surface area contributed by atoms with Gasteiger partial charge in [0.15, 0.2) is 0 Å². The molecular weight excluding hydrogens is 308 g/mol. The van der Waals surface area contributed by atoms with Crippen molar-refractivity contribution in [1.82, 2.24) is 20.0 Å². The highest BCUT2D eigenvalue weighted by molar-refractivity contribution is 7.10. The van der Waals surface area contributed by atoms with E-state index in [2.05, 4.69) is 52.9 Å². The van der Waals surface area contributed by atoms with Gasteiger partial charge in [-0.3, -0.25) is 9.58 Å². The van der Waals surface area contributed by atoms with Gasteiger partial charge in [-0.1, -0.05) is 6.07 Å². The monoisotopic (exact) mass is 334 g/mol. The van der Waals surface area contributed by atoms with Gasteiger partial charge in [0.2, 0.25) is 0 Å². The first-order valence-corrected chi connectivity index (χ1v) is 9.21. The summed E-state index contributed by atoms with van der Waals surface area (Å²) in [4.78, 5) is 3.96. The molecule has 126 valence electrons. The van der Waals surface area contributed by atoms with E-state index in [1.165, 1.54) is 10.4 Å². The zero-order valence-electron chi connectivity index (χ0n) is 13.9. The fraction of sp³-hybridized carbons (Fsp3) is 0.588. The Labute approximate surface area is 142 Å². The van der Waals surface area contributed by atoms with E-state index in [-0.39, 0.29) is 0 Å². The van der Waals surface area contributed by atoms with Crippen molar-refractivity contribution in [3.8, 4) is 0 Å². The molecule has 3 rings (SSSR count). The average Bonchev–Trinajstić information content (AvgIpc) is 3.24. The van der Waals surface area contributed by atoms with Gasteiger partial charge in [0.05, 0.1) is 25.5 Å². The maximum absolute atomic E-state index is 5.50. The van der Waals surface area contributed by atoms with Crippen LogP contribution in [0.4, 0.5) is 0 Å². The zero-order valence-corrected chi connectivity index (χ0v) is 14.8. The first-order valence-electron chi connectivity index (χ1n) is 8.33. The second kappa shape index (κ2) is 8.06. The summed E-state index contributed by atoms with van der Waals surface area (Å²) in [6.07, 6.45) is 4.09. The minimum Gasteiger partial charge on any atom is -0.379 e. The Hall–Kier alpha value is -1.21. The maximum Gasteiger partial charge on any atom is 0.0594 e. The van der Waals surface area contributed by atoms with Crippen molar-refractivity contribution in [2.45, 2.75) is 32.5 Å². The first kappa shape index (κ1) is 16.6. The lowest BCUT2D eigenvalue weighted by Gasteiger charge is -2.34. The van der Waals surface area contributed by atoms with Crippen molar-refractivity contribution < 1.29 is 4.74 Å². The SMILES string of the molecule is CC(C)n1cc(CNC[C@H](c2cccs2)N2CCOCC2)cn1. The normalized spacial score (nSPS) is 17.7. The summed E-state index contributed by atoms with van der Waals surface area (Å²) in [6.45, 7) is 9.80. The van der Waals surface area contributed by atoms with Crippen molar-refractivity contribution >= 4 is 11.3 Å². The van der Waals surface area contributed by atoms with E-state index in [0.717, 1.165) is 39.4 Å². The maximum atomic E-state index is 5.50. The topological polar surface area (TPSA) is 42.3 Å². The van der Waals surface area contributed by atoms with Gasteiger partial charge in [-0.05, 0) is 25.3 Å². The highest BCUT2D eigenvalue weighted by Crippen LogP contribution is 2.25. The average molecular weight is 334 g/mol. The molecule has 2 aromatic rings. The third-order valence-electron chi connectivity index (χ3n) is 4.21. The highest BCUT2D eigenvalue weighted by atomic mass is 32.1. The third-order valence-corrected chi connectivity index (χ3v) is 5.18. The molecule has 1 N–H and O–H groups in total. The van der Waals surface area contributed by atoms with Crippen molar-refractivity contribution in [2.24, 2.45) is 0 Å². The Morgan fingerprint density at radius 3 is 2.83 bits per heavy atom. The number of ether oxygens (including phenoxy) is 1. The second-order valence-electron chi connectivity index (χ2n) is 6.23. The molecule has 5 nitrogen and oxygen atoms in total. The number of nitrogens with one attached hydrogen (secondary N) is 1. The molecule has 6 heteroatoms. The molecule has 1 fully saturated rings. The molecule has 0 spiro atoms. The van der Waals surface area contributed by atoms with Crippen LogP contribution < -0.4 is 5.32 Å². The first-order chi connectivity index (χ1) is 11.2. The molecule has 1 aliphatic heterocycles. The van der Waals surface area contributed by atoms with Crippen molar-refractivity contribution in [3.05, 3.63) is 40.3 Å². The predicted molar refractivity (Wildman–Crippen MR) is 93.8 cm³/mol. The summed E-state index contributed by atoms with van der Waals surface area (Å²) in [5, 5.41) is 10.2. The lowest BCUT2D eigenvalue weighted by Crippen LogP contribution is -2.42. The summed E-state index contributed by atoms with van der Waals surface area (Å²) in [5.74, 6) is 0. The fourth-order valence-electron chi connectivity index (χ4n) is 2.88. The van der Waals surface area contributed by atoms with Crippen LogP contribution in [0.15, 0.2) is 29.9 Å². The molecule has 1 aliphatic rings. The zero-order chi connectivity index (χ0) is 16.1. The Balaban J connectivity index is 1.57. The Kier molecular flexibility index (Phi) is 5.83. The van der Waals surface area contributed by atoms with E-state index in [9.17, 15) is 0 Å². The summed E-state index contributed by atoms with van der Waals surface area (Å²) < 4.78 is 7.51. The van der Waals surface area contributed by atoms with Crippen LogP contribution in [0, 0.1) is 0 Å². The van der Waals surface area contributed by atoms with E-state index in [4.69, 9.17) is 4.74 Å². The minimum atomic E-state index is 0.413. The Morgan fingerprint density at radius 1 is 1.35 bits per heavy atom. The van der Waals surface area contributed by atoms with Gasteiger partial charge in [0.25, 0.3) is 0 Å². The van der Waals surface area contributed by atoms with E-state index in [0.29, 0.717) is 12.1 Å². The summed E-state index contributed by atoms with van der Waals surface area (Å²) in [5.41, 5.74) is 1.24.